The molecule has 0 unspecified atom stereocenters. The number of hydrogen-bond donors (Lipinski definition) is 1. The predicted octanol–water partition coefficient (Wildman–Crippen LogP) is 2.42. The van der Waals surface area contributed by atoms with Crippen LogP contribution >= 0.6 is 0 Å². The van der Waals surface area contributed by atoms with Crippen LogP contribution in [0.2, 0.25) is 0 Å². The SMILES string of the molecule is O=C(NCCc1nnc2n1CCCCC2)c1ccnc(C2CCCC2)n1. The van der Waals surface area contributed by atoms with Gasteiger partial charge < -0.3 is 9.88 Å². The van der Waals surface area contributed by atoms with Crippen molar-refractivity contribution in [2.45, 2.75) is 70.3 Å². The van der Waals surface area contributed by atoms with Gasteiger partial charge in [-0.15, -0.1) is 10.2 Å². The molecule has 1 fully saturated rings. The molecule has 26 heavy (non-hydrogen) atoms. The molecule has 0 radical (unpaired) electrons. The number of rotatable bonds is 5. The number of aryl methyl sites for hydroxylation is 1. The van der Waals surface area contributed by atoms with E-state index in [1.807, 2.05) is 0 Å². The third-order valence-electron chi connectivity index (χ3n) is 5.45. The van der Waals surface area contributed by atoms with Crippen LogP contribution in [0.15, 0.2) is 12.3 Å². The van der Waals surface area contributed by atoms with Crippen molar-refractivity contribution in [2.75, 3.05) is 6.54 Å². The standard InChI is InChI=1S/C19H26N6O/c26-19(15-9-11-20-18(22-15)14-6-3-4-7-14)21-12-10-17-24-23-16-8-2-1-5-13-25(16)17/h9,11,14H,1-8,10,12-13H2,(H,21,26). The first kappa shape index (κ1) is 17.1. The minimum atomic E-state index is -0.137. The molecule has 138 valence electrons. The van der Waals surface area contributed by atoms with E-state index in [0.717, 1.165) is 43.3 Å². The van der Waals surface area contributed by atoms with E-state index in [-0.39, 0.29) is 5.91 Å². The summed E-state index contributed by atoms with van der Waals surface area (Å²) in [7, 11) is 0. The maximum absolute atomic E-state index is 12.4. The van der Waals surface area contributed by atoms with Gasteiger partial charge >= 0.3 is 0 Å². The van der Waals surface area contributed by atoms with E-state index in [0.29, 0.717) is 24.6 Å². The Morgan fingerprint density at radius 2 is 2.04 bits per heavy atom. The van der Waals surface area contributed by atoms with Crippen LogP contribution in [0.3, 0.4) is 0 Å². The van der Waals surface area contributed by atoms with Crippen LogP contribution in [0.4, 0.5) is 0 Å². The molecule has 1 aliphatic heterocycles. The quantitative estimate of drug-likeness (QED) is 0.891. The molecule has 0 aromatic carbocycles. The van der Waals surface area contributed by atoms with Crippen molar-refractivity contribution in [2.24, 2.45) is 0 Å². The predicted molar refractivity (Wildman–Crippen MR) is 96.9 cm³/mol. The lowest BCUT2D eigenvalue weighted by molar-refractivity contribution is 0.0948. The highest BCUT2D eigenvalue weighted by Crippen LogP contribution is 2.31. The Morgan fingerprint density at radius 1 is 1.15 bits per heavy atom. The average molecular weight is 354 g/mol. The zero-order chi connectivity index (χ0) is 17.8. The Labute approximate surface area is 153 Å². The maximum Gasteiger partial charge on any atom is 0.270 e. The van der Waals surface area contributed by atoms with Gasteiger partial charge in [-0.25, -0.2) is 9.97 Å². The zero-order valence-corrected chi connectivity index (χ0v) is 15.2. The van der Waals surface area contributed by atoms with Crippen LogP contribution in [-0.4, -0.2) is 37.2 Å². The molecular weight excluding hydrogens is 328 g/mol. The largest absolute Gasteiger partial charge is 0.350 e. The lowest BCUT2D eigenvalue weighted by atomic mass is 10.1. The number of aromatic nitrogens is 5. The van der Waals surface area contributed by atoms with Crippen LogP contribution in [0.25, 0.3) is 0 Å². The van der Waals surface area contributed by atoms with Crippen LogP contribution in [0, 0.1) is 0 Å². The van der Waals surface area contributed by atoms with E-state index in [1.165, 1.54) is 32.1 Å². The maximum atomic E-state index is 12.4. The van der Waals surface area contributed by atoms with Crippen LogP contribution < -0.4 is 5.32 Å². The third-order valence-corrected chi connectivity index (χ3v) is 5.45. The molecule has 0 spiro atoms. The Balaban J connectivity index is 1.34. The fourth-order valence-corrected chi connectivity index (χ4v) is 3.99. The highest BCUT2D eigenvalue weighted by atomic mass is 16.1. The lowest BCUT2D eigenvalue weighted by Gasteiger charge is -2.10. The molecule has 1 N–H and O–H groups in total. The van der Waals surface area contributed by atoms with Crippen LogP contribution in [0.5, 0.6) is 0 Å². The first-order valence-corrected chi connectivity index (χ1v) is 9.83. The lowest BCUT2D eigenvalue weighted by Crippen LogP contribution is -2.28. The number of fused-ring (bicyclic) bond motifs is 1. The summed E-state index contributed by atoms with van der Waals surface area (Å²) in [5.41, 5.74) is 0.460. The molecule has 1 aliphatic carbocycles. The summed E-state index contributed by atoms with van der Waals surface area (Å²) in [6.45, 7) is 1.53. The number of carbonyl (C=O) groups is 1. The van der Waals surface area contributed by atoms with Crippen LogP contribution in [-0.2, 0) is 19.4 Å². The minimum Gasteiger partial charge on any atom is -0.350 e. The molecule has 7 nitrogen and oxygen atoms in total. The molecule has 0 bridgehead atoms. The highest BCUT2D eigenvalue weighted by Gasteiger charge is 2.21. The third kappa shape index (κ3) is 3.76. The Bertz CT molecular complexity index is 765. The zero-order valence-electron chi connectivity index (χ0n) is 15.2. The van der Waals surface area contributed by atoms with Gasteiger partial charge in [0, 0.05) is 38.0 Å². The first-order valence-electron chi connectivity index (χ1n) is 9.83. The van der Waals surface area contributed by atoms with Crippen molar-refractivity contribution >= 4 is 5.91 Å². The van der Waals surface area contributed by atoms with Gasteiger partial charge in [-0.2, -0.15) is 0 Å². The smallest absolute Gasteiger partial charge is 0.270 e. The van der Waals surface area contributed by atoms with Crippen LogP contribution in [0.1, 0.15) is 78.8 Å². The topological polar surface area (TPSA) is 85.6 Å². The first-order chi connectivity index (χ1) is 12.8. The fraction of sp³-hybridized carbons (Fsp3) is 0.632. The van der Waals surface area contributed by atoms with Crippen molar-refractivity contribution in [1.29, 1.82) is 0 Å². The van der Waals surface area contributed by atoms with Gasteiger partial charge in [0.2, 0.25) is 0 Å². The molecular formula is C19H26N6O. The van der Waals surface area contributed by atoms with E-state index in [9.17, 15) is 4.79 Å². The van der Waals surface area contributed by atoms with Gasteiger partial charge in [0.25, 0.3) is 5.91 Å². The van der Waals surface area contributed by atoms with E-state index in [4.69, 9.17) is 0 Å². The number of carbonyl (C=O) groups excluding carboxylic acids is 1. The molecule has 2 aliphatic rings. The summed E-state index contributed by atoms with van der Waals surface area (Å²) in [5.74, 6) is 3.15. The fourth-order valence-electron chi connectivity index (χ4n) is 3.99. The molecule has 0 saturated heterocycles. The van der Waals surface area contributed by atoms with Gasteiger partial charge in [0.05, 0.1) is 0 Å². The van der Waals surface area contributed by atoms with Crippen molar-refractivity contribution in [3.05, 3.63) is 35.4 Å². The van der Waals surface area contributed by atoms with Gasteiger partial charge in [-0.05, 0) is 31.7 Å². The summed E-state index contributed by atoms with van der Waals surface area (Å²) in [6.07, 6.45) is 11.7. The van der Waals surface area contributed by atoms with E-state index < -0.39 is 0 Å². The van der Waals surface area contributed by atoms with Gasteiger partial charge in [0.1, 0.15) is 23.2 Å². The summed E-state index contributed by atoms with van der Waals surface area (Å²) in [5, 5.41) is 11.6. The Hall–Kier alpha value is -2.31. The molecule has 1 saturated carbocycles. The van der Waals surface area contributed by atoms with E-state index >= 15 is 0 Å². The second-order valence-corrected chi connectivity index (χ2v) is 7.28. The Kier molecular flexibility index (Phi) is 5.22. The van der Waals surface area contributed by atoms with Crippen molar-refractivity contribution < 1.29 is 4.79 Å². The molecule has 2 aromatic rings. The second-order valence-electron chi connectivity index (χ2n) is 7.28. The van der Waals surface area contributed by atoms with E-state index in [1.54, 1.807) is 12.3 Å². The van der Waals surface area contributed by atoms with Gasteiger partial charge in [-0.1, -0.05) is 19.3 Å². The number of amides is 1. The van der Waals surface area contributed by atoms with Crippen molar-refractivity contribution in [1.82, 2.24) is 30.0 Å². The van der Waals surface area contributed by atoms with E-state index in [2.05, 4.69) is 30.0 Å². The van der Waals surface area contributed by atoms with Gasteiger partial charge in [-0.3, -0.25) is 4.79 Å². The monoisotopic (exact) mass is 354 g/mol. The average Bonchev–Trinajstić information content (AvgIpc) is 3.27. The van der Waals surface area contributed by atoms with Crippen molar-refractivity contribution in [3.63, 3.8) is 0 Å². The normalized spacial score (nSPS) is 17.7. The molecule has 4 rings (SSSR count). The number of nitrogens with zero attached hydrogens (tertiary/aromatic N) is 5. The summed E-state index contributed by atoms with van der Waals surface area (Å²) >= 11 is 0. The summed E-state index contributed by atoms with van der Waals surface area (Å²) in [4.78, 5) is 21.3. The highest BCUT2D eigenvalue weighted by molar-refractivity contribution is 5.92. The molecule has 0 atom stereocenters. The number of hydrogen-bond acceptors (Lipinski definition) is 5. The molecule has 1 amide bonds. The second kappa shape index (κ2) is 7.93. The molecule has 7 heteroatoms. The number of nitrogens with one attached hydrogen (secondary N) is 1. The minimum absolute atomic E-state index is 0.137. The van der Waals surface area contributed by atoms with Gasteiger partial charge in [0.15, 0.2) is 0 Å². The summed E-state index contributed by atoms with van der Waals surface area (Å²) < 4.78 is 2.22. The summed E-state index contributed by atoms with van der Waals surface area (Å²) in [6, 6.07) is 1.69. The Morgan fingerprint density at radius 3 is 2.92 bits per heavy atom. The molecule has 3 heterocycles. The molecule has 2 aromatic heterocycles. The van der Waals surface area contributed by atoms with Crippen molar-refractivity contribution in [3.8, 4) is 0 Å².